The van der Waals surface area contributed by atoms with E-state index in [1.165, 1.54) is 25.9 Å². The molecule has 1 atom stereocenters. The summed E-state index contributed by atoms with van der Waals surface area (Å²) in [4.78, 5) is 17.0. The second kappa shape index (κ2) is 6.44. The highest BCUT2D eigenvalue weighted by Gasteiger charge is 2.30. The Morgan fingerprint density at radius 3 is 2.20 bits per heavy atom. The number of amides is 1. The van der Waals surface area contributed by atoms with Crippen LogP contribution < -0.4 is 5.73 Å². The van der Waals surface area contributed by atoms with E-state index in [9.17, 15) is 4.79 Å². The second-order valence-electron chi connectivity index (χ2n) is 7.53. The SMILES string of the molecule is CC(C)(C)C(N)CC(=O)N1CCC(N2CCCC2)CC1. The van der Waals surface area contributed by atoms with E-state index < -0.39 is 0 Å². The molecule has 0 bridgehead atoms. The van der Waals surface area contributed by atoms with Gasteiger partial charge in [0.25, 0.3) is 0 Å². The first-order valence-electron chi connectivity index (χ1n) is 8.15. The summed E-state index contributed by atoms with van der Waals surface area (Å²) in [6.07, 6.45) is 5.45. The Kier molecular flexibility index (Phi) is 5.08. The summed E-state index contributed by atoms with van der Waals surface area (Å²) in [6.45, 7) is 10.6. The molecule has 1 amide bonds. The van der Waals surface area contributed by atoms with Crippen LogP contribution in [0.3, 0.4) is 0 Å². The van der Waals surface area contributed by atoms with Gasteiger partial charge in [-0.2, -0.15) is 0 Å². The molecule has 116 valence electrons. The van der Waals surface area contributed by atoms with Gasteiger partial charge in [-0.3, -0.25) is 4.79 Å². The molecule has 0 aromatic carbocycles. The highest BCUT2D eigenvalue weighted by Crippen LogP contribution is 2.24. The van der Waals surface area contributed by atoms with Crippen molar-refractivity contribution in [3.05, 3.63) is 0 Å². The van der Waals surface area contributed by atoms with E-state index in [-0.39, 0.29) is 17.4 Å². The molecular weight excluding hydrogens is 250 g/mol. The van der Waals surface area contributed by atoms with E-state index in [4.69, 9.17) is 5.73 Å². The third-order valence-electron chi connectivity index (χ3n) is 4.98. The Morgan fingerprint density at radius 2 is 1.70 bits per heavy atom. The van der Waals surface area contributed by atoms with E-state index in [0.717, 1.165) is 25.9 Å². The van der Waals surface area contributed by atoms with E-state index >= 15 is 0 Å². The fourth-order valence-electron chi connectivity index (χ4n) is 3.21. The van der Waals surface area contributed by atoms with Crippen LogP contribution in [0.1, 0.15) is 52.9 Å². The Hall–Kier alpha value is -0.610. The third kappa shape index (κ3) is 3.95. The van der Waals surface area contributed by atoms with Crippen molar-refractivity contribution >= 4 is 5.91 Å². The average Bonchev–Trinajstić information content (AvgIpc) is 2.91. The van der Waals surface area contributed by atoms with Gasteiger partial charge in [0.15, 0.2) is 0 Å². The Balaban J connectivity index is 1.76. The number of piperidine rings is 1. The van der Waals surface area contributed by atoms with Gasteiger partial charge in [0.05, 0.1) is 0 Å². The molecule has 0 aliphatic carbocycles. The Labute approximate surface area is 123 Å². The van der Waals surface area contributed by atoms with Gasteiger partial charge >= 0.3 is 0 Å². The maximum atomic E-state index is 12.3. The number of rotatable bonds is 3. The molecule has 0 aromatic rings. The van der Waals surface area contributed by atoms with Crippen molar-refractivity contribution in [3.8, 4) is 0 Å². The number of nitrogens with zero attached hydrogens (tertiary/aromatic N) is 2. The molecule has 4 heteroatoms. The van der Waals surface area contributed by atoms with Crippen LogP contribution in [0.5, 0.6) is 0 Å². The molecule has 2 aliphatic heterocycles. The van der Waals surface area contributed by atoms with Crippen LogP contribution in [0.15, 0.2) is 0 Å². The summed E-state index contributed by atoms with van der Waals surface area (Å²) >= 11 is 0. The second-order valence-corrected chi connectivity index (χ2v) is 7.53. The minimum Gasteiger partial charge on any atom is -0.343 e. The van der Waals surface area contributed by atoms with Crippen LogP contribution in [0.25, 0.3) is 0 Å². The van der Waals surface area contributed by atoms with Crippen molar-refractivity contribution in [2.75, 3.05) is 26.2 Å². The summed E-state index contributed by atoms with van der Waals surface area (Å²) in [5, 5.41) is 0. The molecule has 2 N–H and O–H groups in total. The Morgan fingerprint density at radius 1 is 1.15 bits per heavy atom. The standard InChI is InChI=1S/C16H31N3O/c1-16(2,3)14(17)12-15(20)19-10-6-13(7-11-19)18-8-4-5-9-18/h13-14H,4-12,17H2,1-3H3. The van der Waals surface area contributed by atoms with E-state index in [1.807, 2.05) is 4.90 Å². The Bertz CT molecular complexity index is 323. The van der Waals surface area contributed by atoms with Crippen LogP contribution in [-0.2, 0) is 4.79 Å². The number of likely N-dealkylation sites (tertiary alicyclic amines) is 2. The lowest BCUT2D eigenvalue weighted by Crippen LogP contribution is -2.48. The molecule has 0 radical (unpaired) electrons. The van der Waals surface area contributed by atoms with Gasteiger partial charge in [-0.25, -0.2) is 0 Å². The molecule has 2 fully saturated rings. The fraction of sp³-hybridized carbons (Fsp3) is 0.938. The van der Waals surface area contributed by atoms with Gasteiger partial charge in [0.1, 0.15) is 0 Å². The van der Waals surface area contributed by atoms with Crippen LogP contribution in [0, 0.1) is 5.41 Å². The monoisotopic (exact) mass is 281 g/mol. The van der Waals surface area contributed by atoms with Crippen molar-refractivity contribution in [3.63, 3.8) is 0 Å². The van der Waals surface area contributed by atoms with Crippen molar-refractivity contribution in [2.45, 2.75) is 65.0 Å². The molecule has 0 aromatic heterocycles. The molecule has 4 nitrogen and oxygen atoms in total. The summed E-state index contributed by atoms with van der Waals surface area (Å²) in [5.41, 5.74) is 6.13. The number of hydrogen-bond acceptors (Lipinski definition) is 3. The van der Waals surface area contributed by atoms with Crippen molar-refractivity contribution in [1.82, 2.24) is 9.80 Å². The molecule has 20 heavy (non-hydrogen) atoms. The number of carbonyl (C=O) groups is 1. The largest absolute Gasteiger partial charge is 0.343 e. The maximum absolute atomic E-state index is 12.3. The molecule has 2 rings (SSSR count). The highest BCUT2D eigenvalue weighted by atomic mass is 16.2. The predicted octanol–water partition coefficient (Wildman–Crippen LogP) is 1.84. The minimum absolute atomic E-state index is 0.00351. The molecule has 0 saturated carbocycles. The zero-order valence-electron chi connectivity index (χ0n) is 13.4. The normalized spacial score (nSPS) is 24.1. The van der Waals surface area contributed by atoms with Crippen molar-refractivity contribution in [1.29, 1.82) is 0 Å². The van der Waals surface area contributed by atoms with Crippen molar-refractivity contribution in [2.24, 2.45) is 11.1 Å². The fourth-order valence-corrected chi connectivity index (χ4v) is 3.21. The zero-order valence-corrected chi connectivity index (χ0v) is 13.4. The molecule has 2 heterocycles. The summed E-state index contributed by atoms with van der Waals surface area (Å²) < 4.78 is 0. The molecule has 2 saturated heterocycles. The van der Waals surface area contributed by atoms with Gasteiger partial charge in [0.2, 0.25) is 5.91 Å². The lowest BCUT2D eigenvalue weighted by atomic mass is 9.85. The summed E-state index contributed by atoms with van der Waals surface area (Å²) in [7, 11) is 0. The van der Waals surface area contributed by atoms with E-state index in [0.29, 0.717) is 12.5 Å². The number of nitrogens with two attached hydrogens (primary N) is 1. The summed E-state index contributed by atoms with van der Waals surface area (Å²) in [6, 6.07) is 0.657. The first-order valence-corrected chi connectivity index (χ1v) is 8.15. The molecule has 2 aliphatic rings. The lowest BCUT2D eigenvalue weighted by Gasteiger charge is -2.37. The van der Waals surface area contributed by atoms with Gasteiger partial charge in [-0.1, -0.05) is 20.8 Å². The van der Waals surface area contributed by atoms with Gasteiger partial charge in [-0.15, -0.1) is 0 Å². The number of hydrogen-bond donors (Lipinski definition) is 1. The summed E-state index contributed by atoms with van der Waals surface area (Å²) in [5.74, 6) is 0.243. The highest BCUT2D eigenvalue weighted by molar-refractivity contribution is 5.77. The zero-order chi connectivity index (χ0) is 14.8. The first kappa shape index (κ1) is 15.8. The van der Waals surface area contributed by atoms with Gasteiger partial charge in [-0.05, 0) is 44.2 Å². The van der Waals surface area contributed by atoms with Crippen LogP contribution in [-0.4, -0.2) is 54.0 Å². The van der Waals surface area contributed by atoms with Gasteiger partial charge in [0, 0.05) is 31.6 Å². The van der Waals surface area contributed by atoms with E-state index in [2.05, 4.69) is 25.7 Å². The molecule has 1 unspecified atom stereocenters. The molecule has 0 spiro atoms. The maximum Gasteiger partial charge on any atom is 0.224 e. The quantitative estimate of drug-likeness (QED) is 0.858. The third-order valence-corrected chi connectivity index (χ3v) is 4.98. The lowest BCUT2D eigenvalue weighted by molar-refractivity contribution is -0.133. The smallest absolute Gasteiger partial charge is 0.224 e. The van der Waals surface area contributed by atoms with Gasteiger partial charge < -0.3 is 15.5 Å². The van der Waals surface area contributed by atoms with Crippen molar-refractivity contribution < 1.29 is 4.79 Å². The topological polar surface area (TPSA) is 49.6 Å². The van der Waals surface area contributed by atoms with E-state index in [1.54, 1.807) is 0 Å². The van der Waals surface area contributed by atoms with Crippen LogP contribution in [0.4, 0.5) is 0 Å². The minimum atomic E-state index is -0.0497. The number of carbonyl (C=O) groups excluding carboxylic acids is 1. The average molecular weight is 281 g/mol. The van der Waals surface area contributed by atoms with Crippen LogP contribution >= 0.6 is 0 Å². The van der Waals surface area contributed by atoms with Crippen LogP contribution in [0.2, 0.25) is 0 Å². The first-order chi connectivity index (χ1) is 9.38. The predicted molar refractivity (Wildman–Crippen MR) is 82.5 cm³/mol. The molecular formula is C16H31N3O.